The maximum absolute atomic E-state index is 13.6. The summed E-state index contributed by atoms with van der Waals surface area (Å²) in [5.74, 6) is 2.23. The second-order valence-corrected chi connectivity index (χ2v) is 7.55. The Hall–Kier alpha value is -4.26. The molecule has 0 spiro atoms. The Morgan fingerprint density at radius 2 is 1.41 bits per heavy atom. The van der Waals surface area contributed by atoms with E-state index < -0.39 is 0 Å². The van der Waals surface area contributed by atoms with Crippen molar-refractivity contribution < 1.29 is 14.2 Å². The summed E-state index contributed by atoms with van der Waals surface area (Å²) in [5.41, 5.74) is 3.86. The van der Waals surface area contributed by atoms with Crippen molar-refractivity contribution in [1.82, 2.24) is 9.78 Å². The van der Waals surface area contributed by atoms with E-state index in [0.29, 0.717) is 35.0 Å². The highest BCUT2D eigenvalue weighted by Crippen LogP contribution is 2.26. The molecular weight excluding hydrogens is 430 g/mol. The summed E-state index contributed by atoms with van der Waals surface area (Å²) < 4.78 is 17.6. The lowest BCUT2D eigenvalue weighted by molar-refractivity contribution is 0.340. The number of ether oxygens (including phenoxy) is 3. The van der Waals surface area contributed by atoms with Crippen molar-refractivity contribution in [1.29, 1.82) is 0 Å². The van der Waals surface area contributed by atoms with Gasteiger partial charge in [-0.2, -0.15) is 0 Å². The number of nitrogens with one attached hydrogen (secondary N) is 1. The number of hydrogen-bond acceptors (Lipinski definition) is 5. The van der Waals surface area contributed by atoms with Crippen LogP contribution in [0.3, 0.4) is 0 Å². The van der Waals surface area contributed by atoms with Gasteiger partial charge in [-0.1, -0.05) is 0 Å². The highest BCUT2D eigenvalue weighted by atomic mass is 16.5. The molecule has 0 aliphatic heterocycles. The molecule has 4 rings (SSSR count). The molecule has 1 aromatic heterocycles. The second-order valence-electron chi connectivity index (χ2n) is 7.55. The Bertz CT molecular complexity index is 1330. The Morgan fingerprint density at radius 3 is 1.97 bits per heavy atom. The standard InChI is InChI=1S/C27H27N3O4/c1-5-34-24-14-8-20(9-15-24)28-18(2)25-26(19-6-12-22(32-3)13-7-19)29-30(27(25)31)21-10-16-23(33-4)17-11-21/h6-17,29H,5H2,1-4H3. The van der Waals surface area contributed by atoms with E-state index in [1.807, 2.05) is 86.6 Å². The minimum absolute atomic E-state index is 0.192. The van der Waals surface area contributed by atoms with E-state index in [-0.39, 0.29) is 5.56 Å². The Balaban J connectivity index is 1.82. The molecule has 7 heteroatoms. The van der Waals surface area contributed by atoms with Gasteiger partial charge in [0.1, 0.15) is 17.2 Å². The van der Waals surface area contributed by atoms with Crippen LogP contribution < -0.4 is 19.8 Å². The highest BCUT2D eigenvalue weighted by Gasteiger charge is 2.19. The molecule has 34 heavy (non-hydrogen) atoms. The summed E-state index contributed by atoms with van der Waals surface area (Å²) in [6.45, 7) is 4.38. The van der Waals surface area contributed by atoms with Gasteiger partial charge in [0.15, 0.2) is 0 Å². The van der Waals surface area contributed by atoms with E-state index in [1.165, 1.54) is 4.68 Å². The van der Waals surface area contributed by atoms with Gasteiger partial charge in [-0.25, -0.2) is 4.68 Å². The Morgan fingerprint density at radius 1 is 0.853 bits per heavy atom. The zero-order valence-electron chi connectivity index (χ0n) is 19.7. The van der Waals surface area contributed by atoms with Crippen LogP contribution in [0.15, 0.2) is 82.6 Å². The van der Waals surface area contributed by atoms with Gasteiger partial charge in [-0.15, -0.1) is 0 Å². The maximum Gasteiger partial charge on any atom is 0.280 e. The van der Waals surface area contributed by atoms with Crippen molar-refractivity contribution in [2.24, 2.45) is 4.99 Å². The van der Waals surface area contributed by atoms with Crippen LogP contribution in [0.4, 0.5) is 5.69 Å². The van der Waals surface area contributed by atoms with Crippen LogP contribution in [0.1, 0.15) is 19.4 Å². The van der Waals surface area contributed by atoms with Crippen molar-refractivity contribution in [3.63, 3.8) is 0 Å². The number of rotatable bonds is 8. The molecular formula is C27H27N3O4. The first-order chi connectivity index (χ1) is 16.5. The largest absolute Gasteiger partial charge is 0.497 e. The number of aromatic nitrogens is 2. The molecule has 4 aromatic rings. The van der Waals surface area contributed by atoms with Crippen molar-refractivity contribution >= 4 is 11.4 Å². The van der Waals surface area contributed by atoms with E-state index in [1.54, 1.807) is 14.2 Å². The molecule has 0 amide bonds. The van der Waals surface area contributed by atoms with E-state index in [2.05, 4.69) is 5.10 Å². The van der Waals surface area contributed by atoms with E-state index in [4.69, 9.17) is 19.2 Å². The maximum atomic E-state index is 13.6. The molecule has 0 atom stereocenters. The van der Waals surface area contributed by atoms with Gasteiger partial charge in [0.2, 0.25) is 0 Å². The molecule has 174 valence electrons. The molecule has 0 aliphatic rings. The first-order valence-electron chi connectivity index (χ1n) is 11.0. The summed E-state index contributed by atoms with van der Waals surface area (Å²) in [5, 5.41) is 3.27. The molecule has 7 nitrogen and oxygen atoms in total. The third-order valence-electron chi connectivity index (χ3n) is 5.41. The van der Waals surface area contributed by atoms with Crippen LogP contribution in [0.25, 0.3) is 16.9 Å². The molecule has 0 radical (unpaired) electrons. The van der Waals surface area contributed by atoms with Crippen molar-refractivity contribution in [2.75, 3.05) is 20.8 Å². The molecule has 0 saturated carbocycles. The predicted octanol–water partition coefficient (Wildman–Crippen LogP) is 5.39. The molecule has 1 heterocycles. The molecule has 0 saturated heterocycles. The lowest BCUT2D eigenvalue weighted by atomic mass is 10.0. The number of aliphatic imine (C=N–C) groups is 1. The van der Waals surface area contributed by atoms with Gasteiger partial charge in [0.05, 0.1) is 49.2 Å². The minimum Gasteiger partial charge on any atom is -0.497 e. The zero-order chi connectivity index (χ0) is 24.1. The van der Waals surface area contributed by atoms with Gasteiger partial charge >= 0.3 is 0 Å². The SMILES string of the molecule is CCOc1ccc(N=C(C)c2c(-c3ccc(OC)cc3)[nH]n(-c3ccc(OC)cc3)c2=O)cc1. The number of aromatic amines is 1. The number of methoxy groups -OCH3 is 2. The molecule has 0 fully saturated rings. The first kappa shape index (κ1) is 22.9. The zero-order valence-corrected chi connectivity index (χ0v) is 19.7. The lowest BCUT2D eigenvalue weighted by Gasteiger charge is -2.06. The van der Waals surface area contributed by atoms with Gasteiger partial charge in [0, 0.05) is 5.56 Å². The van der Waals surface area contributed by atoms with E-state index in [0.717, 1.165) is 22.7 Å². The Labute approximate surface area is 198 Å². The van der Waals surface area contributed by atoms with E-state index in [9.17, 15) is 4.79 Å². The summed E-state index contributed by atoms with van der Waals surface area (Å²) in [7, 11) is 3.23. The molecule has 1 N–H and O–H groups in total. The van der Waals surface area contributed by atoms with Crippen molar-refractivity contribution in [3.8, 4) is 34.2 Å². The van der Waals surface area contributed by atoms with Crippen molar-refractivity contribution in [2.45, 2.75) is 13.8 Å². The predicted molar refractivity (Wildman–Crippen MR) is 134 cm³/mol. The average molecular weight is 458 g/mol. The van der Waals surface area contributed by atoms with Crippen LogP contribution in [-0.4, -0.2) is 36.3 Å². The monoisotopic (exact) mass is 457 g/mol. The fourth-order valence-corrected chi connectivity index (χ4v) is 3.69. The third-order valence-corrected chi connectivity index (χ3v) is 5.41. The fourth-order valence-electron chi connectivity index (χ4n) is 3.69. The molecule has 0 unspecified atom stereocenters. The van der Waals surface area contributed by atoms with Gasteiger partial charge in [-0.3, -0.25) is 14.9 Å². The smallest absolute Gasteiger partial charge is 0.280 e. The molecule has 0 bridgehead atoms. The minimum atomic E-state index is -0.192. The topological polar surface area (TPSA) is 77.8 Å². The summed E-state index contributed by atoms with van der Waals surface area (Å²) >= 11 is 0. The fraction of sp³-hybridized carbons (Fsp3) is 0.185. The quantitative estimate of drug-likeness (QED) is 0.360. The number of nitrogens with zero attached hydrogens (tertiary/aromatic N) is 2. The summed E-state index contributed by atoms with van der Waals surface area (Å²) in [6, 6.07) is 22.3. The number of H-pyrrole nitrogens is 1. The van der Waals surface area contributed by atoms with Crippen LogP contribution in [0.5, 0.6) is 17.2 Å². The second kappa shape index (κ2) is 10.1. The van der Waals surface area contributed by atoms with Gasteiger partial charge in [-0.05, 0) is 86.6 Å². The third kappa shape index (κ3) is 4.73. The normalized spacial score (nSPS) is 11.4. The van der Waals surface area contributed by atoms with Crippen LogP contribution in [0, 0.1) is 0 Å². The lowest BCUT2D eigenvalue weighted by Crippen LogP contribution is -2.19. The first-order valence-corrected chi connectivity index (χ1v) is 11.0. The summed E-state index contributed by atoms with van der Waals surface area (Å²) in [6.07, 6.45) is 0. The van der Waals surface area contributed by atoms with Gasteiger partial charge < -0.3 is 14.2 Å². The molecule has 3 aromatic carbocycles. The van der Waals surface area contributed by atoms with Crippen LogP contribution >= 0.6 is 0 Å². The summed E-state index contributed by atoms with van der Waals surface area (Å²) in [4.78, 5) is 18.3. The van der Waals surface area contributed by atoms with Gasteiger partial charge in [0.25, 0.3) is 5.56 Å². The van der Waals surface area contributed by atoms with Crippen molar-refractivity contribution in [3.05, 3.63) is 88.7 Å². The number of benzene rings is 3. The van der Waals surface area contributed by atoms with Crippen LogP contribution in [-0.2, 0) is 0 Å². The van der Waals surface area contributed by atoms with Crippen LogP contribution in [0.2, 0.25) is 0 Å². The Kier molecular flexibility index (Phi) is 6.82. The van der Waals surface area contributed by atoms with E-state index >= 15 is 0 Å². The average Bonchev–Trinajstić information content (AvgIpc) is 3.22. The highest BCUT2D eigenvalue weighted by molar-refractivity contribution is 6.04. The number of hydrogen-bond donors (Lipinski definition) is 1. The molecule has 0 aliphatic carbocycles.